The topological polar surface area (TPSA) is 55.8 Å². The number of rotatable bonds is 11. The Labute approximate surface area is 203 Å². The van der Waals surface area contributed by atoms with Crippen molar-refractivity contribution in [2.75, 3.05) is 14.2 Å². The average molecular weight is 465 g/mol. The maximum atomic E-state index is 11.8. The van der Waals surface area contributed by atoms with E-state index < -0.39 is 5.97 Å². The van der Waals surface area contributed by atoms with Crippen LogP contribution in [-0.4, -0.2) is 31.6 Å². The van der Waals surface area contributed by atoms with Gasteiger partial charge < -0.3 is 14.6 Å². The maximum Gasteiger partial charge on any atom is 0.303 e. The average Bonchev–Trinajstić information content (AvgIpc) is 3.11. The normalized spacial score (nSPS) is 39.5. The maximum absolute atomic E-state index is 11.8. The van der Waals surface area contributed by atoms with Crippen LogP contribution >= 0.6 is 0 Å². The van der Waals surface area contributed by atoms with Crippen LogP contribution in [0.1, 0.15) is 105 Å². The summed E-state index contributed by atoms with van der Waals surface area (Å²) in [6.45, 7) is 12.2. The van der Waals surface area contributed by atoms with Gasteiger partial charge in [0.1, 0.15) is 0 Å². The van der Waals surface area contributed by atoms with Gasteiger partial charge in [0.05, 0.1) is 0 Å². The van der Waals surface area contributed by atoms with Crippen molar-refractivity contribution in [2.24, 2.45) is 52.3 Å². The molecule has 4 heteroatoms. The van der Waals surface area contributed by atoms with Crippen molar-refractivity contribution in [1.29, 1.82) is 0 Å². The molecule has 0 bridgehead atoms. The molecule has 0 aromatic heterocycles. The van der Waals surface area contributed by atoms with Crippen LogP contribution in [0.2, 0.25) is 0 Å². The van der Waals surface area contributed by atoms with E-state index in [1.165, 1.54) is 51.4 Å². The second-order valence-corrected chi connectivity index (χ2v) is 12.9. The first kappa shape index (κ1) is 27.0. The minimum atomic E-state index is -0.659. The quantitative estimate of drug-likeness (QED) is 0.323. The number of carboxylic acid groups (broad SMARTS) is 1. The Balaban J connectivity index is 1.79. The van der Waals surface area contributed by atoms with E-state index in [0.717, 1.165) is 42.4 Å². The van der Waals surface area contributed by atoms with Gasteiger partial charge in [0.15, 0.2) is 6.29 Å². The lowest BCUT2D eigenvalue weighted by Crippen LogP contribution is -2.53. The smallest absolute Gasteiger partial charge is 0.303 e. The molecule has 3 rings (SSSR count). The fraction of sp³-hybridized carbons (Fsp3) is 0.966. The zero-order valence-electron chi connectivity index (χ0n) is 22.6. The molecular formula is C29H52O4. The summed E-state index contributed by atoms with van der Waals surface area (Å²) in [5.74, 6) is 4.12. The Morgan fingerprint density at radius 3 is 2.27 bits per heavy atom. The molecule has 3 aliphatic rings. The second-order valence-electron chi connectivity index (χ2n) is 12.9. The minimum Gasteiger partial charge on any atom is -0.481 e. The fourth-order valence-corrected chi connectivity index (χ4v) is 9.05. The monoisotopic (exact) mass is 464 g/mol. The molecule has 3 saturated carbocycles. The number of carboxylic acids is 1. The van der Waals surface area contributed by atoms with Gasteiger partial charge >= 0.3 is 5.97 Å². The SMILES string of the molecule is COC(C[C@@]1(C)[C@H](CC(=O)O)CC[C@@H]2[C@@H]1CC[C@]1(C)[C@@H]([C@H](C)CCCC(C)C)CC[C@@H]21)OC. The lowest BCUT2D eigenvalue weighted by molar-refractivity contribution is -0.173. The van der Waals surface area contributed by atoms with Crippen molar-refractivity contribution >= 4 is 5.97 Å². The number of ether oxygens (including phenoxy) is 2. The zero-order chi connectivity index (χ0) is 24.4. The first-order valence-electron chi connectivity index (χ1n) is 13.8. The van der Waals surface area contributed by atoms with Crippen LogP contribution < -0.4 is 0 Å². The highest BCUT2D eigenvalue weighted by Crippen LogP contribution is 2.67. The largest absolute Gasteiger partial charge is 0.481 e. The van der Waals surface area contributed by atoms with Crippen LogP contribution in [0.4, 0.5) is 0 Å². The van der Waals surface area contributed by atoms with E-state index in [-0.39, 0.29) is 24.0 Å². The van der Waals surface area contributed by atoms with Crippen LogP contribution in [0.25, 0.3) is 0 Å². The predicted octanol–water partition coefficient (Wildman–Crippen LogP) is 7.41. The van der Waals surface area contributed by atoms with Gasteiger partial charge in [-0.15, -0.1) is 0 Å². The van der Waals surface area contributed by atoms with Gasteiger partial charge in [0.25, 0.3) is 0 Å². The molecule has 8 atom stereocenters. The van der Waals surface area contributed by atoms with E-state index in [1.807, 2.05) is 0 Å². The van der Waals surface area contributed by atoms with E-state index in [0.29, 0.717) is 11.3 Å². The Bertz CT molecular complexity index is 644. The molecule has 0 aromatic carbocycles. The molecule has 1 N–H and O–H groups in total. The van der Waals surface area contributed by atoms with Crippen molar-refractivity contribution in [3.63, 3.8) is 0 Å². The van der Waals surface area contributed by atoms with E-state index >= 15 is 0 Å². The van der Waals surface area contributed by atoms with Crippen LogP contribution in [0, 0.1) is 52.3 Å². The van der Waals surface area contributed by atoms with E-state index in [4.69, 9.17) is 9.47 Å². The lowest BCUT2D eigenvalue weighted by Gasteiger charge is -2.59. The number of aliphatic carboxylic acids is 1. The summed E-state index contributed by atoms with van der Waals surface area (Å²) in [4.78, 5) is 11.8. The molecule has 0 amide bonds. The first-order chi connectivity index (χ1) is 15.6. The molecular weight excluding hydrogens is 412 g/mol. The third-order valence-corrected chi connectivity index (χ3v) is 10.8. The van der Waals surface area contributed by atoms with Crippen molar-refractivity contribution in [1.82, 2.24) is 0 Å². The minimum absolute atomic E-state index is 0.0414. The number of methoxy groups -OCH3 is 2. The summed E-state index contributed by atoms with van der Waals surface area (Å²) < 4.78 is 11.3. The van der Waals surface area contributed by atoms with Gasteiger partial charge in [-0.25, -0.2) is 0 Å². The van der Waals surface area contributed by atoms with Crippen LogP contribution in [0.5, 0.6) is 0 Å². The van der Waals surface area contributed by atoms with Gasteiger partial charge in [-0.3, -0.25) is 4.79 Å². The molecule has 3 aliphatic carbocycles. The Hall–Kier alpha value is -0.610. The molecule has 4 nitrogen and oxygen atoms in total. The van der Waals surface area contributed by atoms with Crippen molar-refractivity contribution < 1.29 is 19.4 Å². The number of hydrogen-bond donors (Lipinski definition) is 1. The lowest BCUT2D eigenvalue weighted by atomic mass is 9.45. The van der Waals surface area contributed by atoms with Gasteiger partial charge in [0, 0.05) is 27.1 Å². The Kier molecular flexibility index (Phi) is 8.98. The highest BCUT2D eigenvalue weighted by Gasteiger charge is 2.60. The van der Waals surface area contributed by atoms with Crippen LogP contribution in [-0.2, 0) is 14.3 Å². The van der Waals surface area contributed by atoms with Gasteiger partial charge in [-0.2, -0.15) is 0 Å². The summed E-state index contributed by atoms with van der Waals surface area (Å²) in [5, 5.41) is 9.67. The molecule has 0 aliphatic heterocycles. The van der Waals surface area contributed by atoms with Gasteiger partial charge in [0.2, 0.25) is 0 Å². The molecule has 0 unspecified atom stereocenters. The number of hydrogen-bond acceptors (Lipinski definition) is 3. The molecule has 0 spiro atoms. The van der Waals surface area contributed by atoms with Gasteiger partial charge in [-0.1, -0.05) is 53.9 Å². The number of fused-ring (bicyclic) bond motifs is 3. The van der Waals surface area contributed by atoms with Crippen molar-refractivity contribution in [2.45, 2.75) is 112 Å². The zero-order valence-corrected chi connectivity index (χ0v) is 22.6. The van der Waals surface area contributed by atoms with E-state index in [9.17, 15) is 9.90 Å². The summed E-state index contributed by atoms with van der Waals surface area (Å²) >= 11 is 0. The molecule has 0 saturated heterocycles. The molecule has 192 valence electrons. The van der Waals surface area contributed by atoms with Crippen LogP contribution in [0.15, 0.2) is 0 Å². The third kappa shape index (κ3) is 5.47. The molecule has 0 aromatic rings. The Morgan fingerprint density at radius 1 is 0.970 bits per heavy atom. The highest BCUT2D eigenvalue weighted by atomic mass is 16.7. The third-order valence-electron chi connectivity index (χ3n) is 10.8. The predicted molar refractivity (Wildman–Crippen MR) is 134 cm³/mol. The van der Waals surface area contributed by atoms with Crippen LogP contribution in [0.3, 0.4) is 0 Å². The summed E-state index contributed by atoms with van der Waals surface area (Å²) in [6, 6.07) is 0. The summed E-state index contributed by atoms with van der Waals surface area (Å²) in [7, 11) is 3.43. The highest BCUT2D eigenvalue weighted by molar-refractivity contribution is 5.67. The summed E-state index contributed by atoms with van der Waals surface area (Å²) in [5.41, 5.74) is 0.418. The molecule has 33 heavy (non-hydrogen) atoms. The second kappa shape index (κ2) is 11.0. The molecule has 3 fully saturated rings. The van der Waals surface area contributed by atoms with E-state index in [1.54, 1.807) is 14.2 Å². The van der Waals surface area contributed by atoms with Gasteiger partial charge in [-0.05, 0) is 90.8 Å². The summed E-state index contributed by atoms with van der Waals surface area (Å²) in [6.07, 6.45) is 12.5. The Morgan fingerprint density at radius 2 is 1.67 bits per heavy atom. The van der Waals surface area contributed by atoms with Crippen molar-refractivity contribution in [3.05, 3.63) is 0 Å². The molecule has 0 heterocycles. The first-order valence-corrected chi connectivity index (χ1v) is 13.8. The standard InChI is InChI=1S/C29H52O4/c1-19(2)9-8-10-20(3)23-13-14-24-22-12-11-21(17-26(30)31)29(5,18-27(32-6)33-7)25(22)15-16-28(23,24)4/h19-25,27H,8-18H2,1-7H3,(H,30,31)/t20-,21+,22+,23-,24+,25+,28-,29+/m1/s1. The van der Waals surface area contributed by atoms with Crippen molar-refractivity contribution in [3.8, 4) is 0 Å². The van der Waals surface area contributed by atoms with E-state index in [2.05, 4.69) is 34.6 Å². The fourth-order valence-electron chi connectivity index (χ4n) is 9.05. The molecule has 0 radical (unpaired) electrons. The number of carbonyl (C=O) groups is 1.